The number of hydrogen-bond donors (Lipinski definition) is 1. The van der Waals surface area contributed by atoms with Gasteiger partial charge in [0.05, 0.1) is 7.11 Å². The minimum Gasteiger partial charge on any atom is -0.493 e. The van der Waals surface area contributed by atoms with Crippen molar-refractivity contribution in [3.63, 3.8) is 0 Å². The van der Waals surface area contributed by atoms with Crippen LogP contribution in [0, 0.1) is 17.0 Å². The Morgan fingerprint density at radius 3 is 2.31 bits per heavy atom. The largest absolute Gasteiger partial charge is 0.493 e. The van der Waals surface area contributed by atoms with Crippen LogP contribution in [0.5, 0.6) is 5.75 Å². The molecule has 0 radical (unpaired) electrons. The van der Waals surface area contributed by atoms with E-state index in [1.807, 2.05) is 13.8 Å². The summed E-state index contributed by atoms with van der Waals surface area (Å²) >= 11 is 0. The Bertz CT molecular complexity index is 431. The van der Waals surface area contributed by atoms with Crippen molar-refractivity contribution in [3.05, 3.63) is 29.3 Å². The molecule has 0 amide bonds. The lowest BCUT2D eigenvalue weighted by Gasteiger charge is -2.10. The van der Waals surface area contributed by atoms with E-state index in [1.54, 1.807) is 0 Å². The highest BCUT2D eigenvalue weighted by molar-refractivity contribution is 5.45. The van der Waals surface area contributed by atoms with Gasteiger partial charge in [-0.15, -0.1) is 0 Å². The summed E-state index contributed by atoms with van der Waals surface area (Å²) < 4.78 is 31.6. The molecule has 4 heteroatoms. The van der Waals surface area contributed by atoms with E-state index < -0.39 is 11.6 Å². The number of benzene rings is 1. The van der Waals surface area contributed by atoms with Crippen molar-refractivity contribution in [3.8, 4) is 5.75 Å². The Kier molecular flexibility index (Phi) is 2.42. The van der Waals surface area contributed by atoms with Crippen LogP contribution in [0.2, 0.25) is 0 Å². The molecule has 0 aliphatic heterocycles. The Hall–Kier alpha value is -1.16. The topological polar surface area (TPSA) is 35.2 Å². The van der Waals surface area contributed by atoms with Crippen molar-refractivity contribution in [2.24, 2.45) is 11.1 Å². The van der Waals surface area contributed by atoms with Gasteiger partial charge in [-0.25, -0.2) is 8.78 Å². The Morgan fingerprint density at radius 2 is 1.88 bits per heavy atom. The zero-order valence-corrected chi connectivity index (χ0v) is 9.55. The van der Waals surface area contributed by atoms with Crippen LogP contribution in [0.1, 0.15) is 25.3 Å². The van der Waals surface area contributed by atoms with Gasteiger partial charge in [-0.2, -0.15) is 0 Å². The van der Waals surface area contributed by atoms with Gasteiger partial charge in [0.2, 0.25) is 0 Å². The summed E-state index contributed by atoms with van der Waals surface area (Å²) in [6.45, 7) is 3.95. The van der Waals surface area contributed by atoms with Gasteiger partial charge in [0.1, 0.15) is 5.82 Å². The molecular weight excluding hydrogens is 212 g/mol. The van der Waals surface area contributed by atoms with Gasteiger partial charge < -0.3 is 10.5 Å². The maximum Gasteiger partial charge on any atom is 0.168 e. The first-order valence-corrected chi connectivity index (χ1v) is 5.18. The molecule has 2 rings (SSSR count). The SMILES string of the molecule is COc1c(F)cc(F)cc1C1C(N)C1(C)C. The average molecular weight is 227 g/mol. The fourth-order valence-corrected chi connectivity index (χ4v) is 2.30. The fraction of sp³-hybridized carbons (Fsp3) is 0.500. The number of halogens is 2. The molecule has 0 saturated heterocycles. The summed E-state index contributed by atoms with van der Waals surface area (Å²) in [7, 11) is 1.38. The van der Waals surface area contributed by atoms with E-state index >= 15 is 0 Å². The molecule has 1 aliphatic carbocycles. The van der Waals surface area contributed by atoms with E-state index in [-0.39, 0.29) is 23.1 Å². The van der Waals surface area contributed by atoms with Gasteiger partial charge >= 0.3 is 0 Å². The average Bonchev–Trinajstić information content (AvgIpc) is 2.64. The van der Waals surface area contributed by atoms with Crippen molar-refractivity contribution in [1.82, 2.24) is 0 Å². The van der Waals surface area contributed by atoms with E-state index in [9.17, 15) is 8.78 Å². The summed E-state index contributed by atoms with van der Waals surface area (Å²) in [5.41, 5.74) is 6.29. The van der Waals surface area contributed by atoms with Crippen LogP contribution in [-0.4, -0.2) is 13.2 Å². The number of rotatable bonds is 2. The van der Waals surface area contributed by atoms with Crippen molar-refractivity contribution < 1.29 is 13.5 Å². The van der Waals surface area contributed by atoms with Crippen molar-refractivity contribution in [2.75, 3.05) is 7.11 Å². The molecule has 1 saturated carbocycles. The smallest absolute Gasteiger partial charge is 0.168 e. The maximum atomic E-state index is 13.5. The molecule has 1 aromatic carbocycles. The van der Waals surface area contributed by atoms with Gasteiger partial charge in [-0.05, 0) is 11.5 Å². The van der Waals surface area contributed by atoms with E-state index in [1.165, 1.54) is 13.2 Å². The zero-order chi connectivity index (χ0) is 12.1. The van der Waals surface area contributed by atoms with Crippen LogP contribution >= 0.6 is 0 Å². The quantitative estimate of drug-likeness (QED) is 0.842. The van der Waals surface area contributed by atoms with Crippen LogP contribution in [0.3, 0.4) is 0 Å². The summed E-state index contributed by atoms with van der Waals surface area (Å²) in [4.78, 5) is 0. The monoisotopic (exact) mass is 227 g/mol. The summed E-state index contributed by atoms with van der Waals surface area (Å²) in [6, 6.07) is 2.05. The first kappa shape index (κ1) is 11.3. The highest BCUT2D eigenvalue weighted by atomic mass is 19.1. The van der Waals surface area contributed by atoms with Gasteiger partial charge in [-0.3, -0.25) is 0 Å². The molecule has 1 fully saturated rings. The molecule has 2 atom stereocenters. The number of ether oxygens (including phenoxy) is 1. The molecule has 1 aliphatic rings. The Morgan fingerprint density at radius 1 is 1.31 bits per heavy atom. The molecule has 2 unspecified atom stereocenters. The molecule has 1 aromatic rings. The predicted octanol–water partition coefficient (Wildman–Crippen LogP) is 2.42. The van der Waals surface area contributed by atoms with E-state index in [2.05, 4.69) is 0 Å². The van der Waals surface area contributed by atoms with E-state index in [0.29, 0.717) is 5.56 Å². The fourth-order valence-electron chi connectivity index (χ4n) is 2.30. The lowest BCUT2D eigenvalue weighted by Crippen LogP contribution is -2.06. The molecule has 2 nitrogen and oxygen atoms in total. The van der Waals surface area contributed by atoms with Gasteiger partial charge in [0.25, 0.3) is 0 Å². The van der Waals surface area contributed by atoms with Crippen molar-refractivity contribution in [1.29, 1.82) is 0 Å². The second kappa shape index (κ2) is 3.42. The third kappa shape index (κ3) is 1.48. The molecule has 16 heavy (non-hydrogen) atoms. The van der Waals surface area contributed by atoms with Gasteiger partial charge in [-0.1, -0.05) is 13.8 Å². The minimum atomic E-state index is -0.674. The van der Waals surface area contributed by atoms with E-state index in [0.717, 1.165) is 6.07 Å². The molecule has 2 N–H and O–H groups in total. The molecule has 0 spiro atoms. The van der Waals surface area contributed by atoms with Crippen molar-refractivity contribution in [2.45, 2.75) is 25.8 Å². The highest BCUT2D eigenvalue weighted by Crippen LogP contribution is 2.59. The van der Waals surface area contributed by atoms with Gasteiger partial charge in [0, 0.05) is 23.6 Å². The second-order valence-corrected chi connectivity index (χ2v) is 4.83. The number of hydrogen-bond acceptors (Lipinski definition) is 2. The third-order valence-electron chi connectivity index (χ3n) is 3.49. The first-order chi connectivity index (χ1) is 7.39. The zero-order valence-electron chi connectivity index (χ0n) is 9.55. The standard InChI is InChI=1S/C12H15F2NO/c1-12(2)9(11(12)15)7-4-6(13)5-8(14)10(7)16-3/h4-5,9,11H,15H2,1-3H3. The van der Waals surface area contributed by atoms with Crippen LogP contribution in [0.25, 0.3) is 0 Å². The molecule has 0 bridgehead atoms. The van der Waals surface area contributed by atoms with Crippen LogP contribution in [-0.2, 0) is 0 Å². The summed E-state index contributed by atoms with van der Waals surface area (Å²) in [6.07, 6.45) is 0. The third-order valence-corrected chi connectivity index (χ3v) is 3.49. The van der Waals surface area contributed by atoms with Crippen LogP contribution in [0.4, 0.5) is 8.78 Å². The summed E-state index contributed by atoms with van der Waals surface area (Å²) in [5.74, 6) is -1.21. The second-order valence-electron chi connectivity index (χ2n) is 4.83. The highest BCUT2D eigenvalue weighted by Gasteiger charge is 2.57. The van der Waals surface area contributed by atoms with Crippen molar-refractivity contribution >= 4 is 0 Å². The first-order valence-electron chi connectivity index (χ1n) is 5.18. The predicted molar refractivity (Wildman–Crippen MR) is 57.4 cm³/mol. The van der Waals surface area contributed by atoms with Gasteiger partial charge in [0.15, 0.2) is 11.6 Å². The Labute approximate surface area is 93.4 Å². The normalized spacial score (nSPS) is 26.6. The lowest BCUT2D eigenvalue weighted by molar-refractivity contribution is 0.377. The van der Waals surface area contributed by atoms with Crippen LogP contribution in [0.15, 0.2) is 12.1 Å². The minimum absolute atomic E-state index is 0.0485. The summed E-state index contributed by atoms with van der Waals surface area (Å²) in [5, 5.41) is 0. The molecule has 0 aromatic heterocycles. The molecule has 0 heterocycles. The lowest BCUT2D eigenvalue weighted by atomic mass is 10.0. The number of methoxy groups -OCH3 is 1. The van der Waals surface area contributed by atoms with Crippen LogP contribution < -0.4 is 10.5 Å². The molecule has 88 valence electrons. The Balaban J connectivity index is 2.49. The maximum absolute atomic E-state index is 13.5. The van der Waals surface area contributed by atoms with E-state index in [4.69, 9.17) is 10.5 Å². The number of nitrogens with two attached hydrogens (primary N) is 1. The molecular formula is C12H15F2NO.